The van der Waals surface area contributed by atoms with Crippen LogP contribution in [0.5, 0.6) is 0 Å². The van der Waals surface area contributed by atoms with Crippen LogP contribution >= 0.6 is 23.2 Å². The number of likely N-dealkylation sites (tertiary alicyclic amines) is 1. The van der Waals surface area contributed by atoms with Crippen molar-refractivity contribution in [3.8, 4) is 0 Å². The maximum atomic E-state index is 9.99. The summed E-state index contributed by atoms with van der Waals surface area (Å²) in [5.41, 5.74) is 6.07. The SMILES string of the molecule is Cc1ccccc1C1=CC=CC(c2nc3cc(CO)cc(Cl)c3o2)(c2nc3cc(CN4CC[C@H](O)C4)cc(Cl)c3o2)C1C. The van der Waals surface area contributed by atoms with Crippen LogP contribution in [0.3, 0.4) is 0 Å². The highest BCUT2D eigenvalue weighted by Crippen LogP contribution is 2.50. The second-order valence-corrected chi connectivity index (χ2v) is 12.4. The molecule has 2 N–H and O–H groups in total. The summed E-state index contributed by atoms with van der Waals surface area (Å²) in [5.74, 6) is 0.586. The van der Waals surface area contributed by atoms with E-state index < -0.39 is 5.41 Å². The summed E-state index contributed by atoms with van der Waals surface area (Å²) in [4.78, 5) is 12.2. The Labute approximate surface area is 259 Å². The average molecular weight is 617 g/mol. The minimum absolute atomic E-state index is 0.165. The summed E-state index contributed by atoms with van der Waals surface area (Å²) >= 11 is 13.4. The summed E-state index contributed by atoms with van der Waals surface area (Å²) in [6.45, 7) is 6.18. The fraction of sp³-hybridized carbons (Fsp3) is 0.294. The maximum Gasteiger partial charge on any atom is 0.215 e. The summed E-state index contributed by atoms with van der Waals surface area (Å²) in [5, 5.41) is 20.6. The van der Waals surface area contributed by atoms with Gasteiger partial charge in [-0.1, -0.05) is 72.6 Å². The summed E-state index contributed by atoms with van der Waals surface area (Å²) < 4.78 is 13.0. The molecule has 0 bridgehead atoms. The highest BCUT2D eigenvalue weighted by Gasteiger charge is 2.49. The fourth-order valence-electron chi connectivity index (χ4n) is 6.51. The van der Waals surface area contributed by atoms with Gasteiger partial charge in [-0.2, -0.15) is 0 Å². The molecule has 7 rings (SSSR count). The van der Waals surface area contributed by atoms with E-state index in [0.29, 0.717) is 62.7 Å². The zero-order valence-corrected chi connectivity index (χ0v) is 25.4. The molecule has 2 aliphatic rings. The van der Waals surface area contributed by atoms with Gasteiger partial charge in [-0.25, -0.2) is 9.97 Å². The maximum absolute atomic E-state index is 9.99. The van der Waals surface area contributed by atoms with Gasteiger partial charge in [-0.3, -0.25) is 4.90 Å². The number of allylic oxidation sites excluding steroid dienone is 4. The van der Waals surface area contributed by atoms with E-state index in [2.05, 4.69) is 37.0 Å². The quantitative estimate of drug-likeness (QED) is 0.208. The lowest BCUT2D eigenvalue weighted by molar-refractivity contribution is 0.175. The number of oxazole rings is 2. The Balaban J connectivity index is 1.41. The molecule has 3 aromatic carbocycles. The molecule has 5 aromatic rings. The van der Waals surface area contributed by atoms with Crippen molar-refractivity contribution < 1.29 is 19.0 Å². The largest absolute Gasteiger partial charge is 0.438 e. The number of β-amino-alcohol motifs (C(OH)–C–C–N with tert-alkyl or cyclic N) is 1. The molecule has 0 radical (unpaired) electrons. The molecule has 0 saturated carbocycles. The number of halogens is 2. The first kappa shape index (κ1) is 28.3. The van der Waals surface area contributed by atoms with E-state index in [1.54, 1.807) is 12.1 Å². The summed E-state index contributed by atoms with van der Waals surface area (Å²) in [6, 6.07) is 15.6. The minimum Gasteiger partial charge on any atom is -0.438 e. The van der Waals surface area contributed by atoms with Crippen LogP contribution in [0.1, 0.15) is 47.4 Å². The smallest absolute Gasteiger partial charge is 0.215 e. The van der Waals surface area contributed by atoms with Crippen molar-refractivity contribution in [1.82, 2.24) is 14.9 Å². The standard InChI is InChI=1S/C34H31Cl2N3O4/c1-19-6-3-4-7-24(19)25-8-5-10-34(20(25)2,33-38-29-15-22(18-40)13-27(36)31(29)43-33)32-37-28-14-21(12-26(35)30(28)42-32)16-39-11-9-23(41)17-39/h3-8,10,12-15,20,23,40-41H,9,11,16-18H2,1-2H3/t20?,23-,34?/m0/s1. The second kappa shape index (κ2) is 10.9. The van der Waals surface area contributed by atoms with Gasteiger partial charge in [0.25, 0.3) is 0 Å². The average Bonchev–Trinajstić information content (AvgIpc) is 3.73. The molecule has 9 heteroatoms. The first-order valence-electron chi connectivity index (χ1n) is 14.4. The van der Waals surface area contributed by atoms with Gasteiger partial charge in [-0.15, -0.1) is 0 Å². The van der Waals surface area contributed by atoms with E-state index in [4.69, 9.17) is 42.0 Å². The van der Waals surface area contributed by atoms with E-state index in [-0.39, 0.29) is 18.6 Å². The predicted molar refractivity (Wildman–Crippen MR) is 168 cm³/mol. The molecule has 1 saturated heterocycles. The van der Waals surface area contributed by atoms with Crippen molar-refractivity contribution in [2.45, 2.75) is 44.9 Å². The van der Waals surface area contributed by atoms with Crippen molar-refractivity contribution in [1.29, 1.82) is 0 Å². The zero-order valence-electron chi connectivity index (χ0n) is 23.8. The first-order chi connectivity index (χ1) is 20.8. The number of nitrogens with zero attached hydrogens (tertiary/aromatic N) is 3. The number of aryl methyl sites for hydroxylation is 1. The topological polar surface area (TPSA) is 95.8 Å². The molecule has 2 unspecified atom stereocenters. The van der Waals surface area contributed by atoms with Crippen molar-refractivity contribution in [3.05, 3.63) is 111 Å². The first-order valence-corrected chi connectivity index (χ1v) is 15.2. The molecule has 3 atom stereocenters. The van der Waals surface area contributed by atoms with Crippen LogP contribution < -0.4 is 0 Å². The number of aliphatic hydroxyl groups is 2. The lowest BCUT2D eigenvalue weighted by atomic mass is 9.67. The van der Waals surface area contributed by atoms with E-state index in [1.807, 2.05) is 36.4 Å². The third kappa shape index (κ3) is 4.80. The highest BCUT2D eigenvalue weighted by molar-refractivity contribution is 6.35. The van der Waals surface area contributed by atoms with Gasteiger partial charge in [-0.05, 0) is 65.4 Å². The number of aliphatic hydroxyl groups excluding tert-OH is 2. The Morgan fingerprint density at radius 3 is 2.26 bits per heavy atom. The summed E-state index contributed by atoms with van der Waals surface area (Å²) in [6.07, 6.45) is 6.60. The van der Waals surface area contributed by atoms with Gasteiger partial charge >= 0.3 is 0 Å². The molecule has 1 aliphatic carbocycles. The van der Waals surface area contributed by atoms with Crippen LogP contribution in [0, 0.1) is 12.8 Å². The van der Waals surface area contributed by atoms with Crippen molar-refractivity contribution in [3.63, 3.8) is 0 Å². The molecule has 0 spiro atoms. The van der Waals surface area contributed by atoms with E-state index in [9.17, 15) is 10.2 Å². The zero-order chi connectivity index (χ0) is 29.9. The Morgan fingerprint density at radius 2 is 1.63 bits per heavy atom. The van der Waals surface area contributed by atoms with E-state index in [1.165, 1.54) is 0 Å². The van der Waals surface area contributed by atoms with Gasteiger partial charge in [0.15, 0.2) is 11.2 Å². The van der Waals surface area contributed by atoms with Crippen molar-refractivity contribution in [2.75, 3.05) is 13.1 Å². The Hall–Kier alpha value is -3.46. The van der Waals surface area contributed by atoms with Gasteiger partial charge in [0.1, 0.15) is 16.4 Å². The molecular formula is C34H31Cl2N3O4. The lowest BCUT2D eigenvalue weighted by Gasteiger charge is -2.35. The van der Waals surface area contributed by atoms with Crippen molar-refractivity contribution in [2.24, 2.45) is 5.92 Å². The Bertz CT molecular complexity index is 1930. The Kier molecular flexibility index (Phi) is 7.19. The van der Waals surface area contributed by atoms with Gasteiger partial charge in [0, 0.05) is 25.6 Å². The third-order valence-corrected chi connectivity index (χ3v) is 9.36. The molecule has 7 nitrogen and oxygen atoms in total. The van der Waals surface area contributed by atoms with Gasteiger partial charge in [0.05, 0.1) is 22.8 Å². The number of hydrogen-bond acceptors (Lipinski definition) is 7. The summed E-state index contributed by atoms with van der Waals surface area (Å²) in [7, 11) is 0. The minimum atomic E-state index is -1.03. The number of hydrogen-bond donors (Lipinski definition) is 2. The van der Waals surface area contributed by atoms with Crippen LogP contribution in [0.4, 0.5) is 0 Å². The van der Waals surface area contributed by atoms with Crippen LogP contribution in [0.25, 0.3) is 27.8 Å². The van der Waals surface area contributed by atoms with Crippen LogP contribution in [-0.2, 0) is 18.6 Å². The predicted octanol–water partition coefficient (Wildman–Crippen LogP) is 7.22. The fourth-order valence-corrected chi connectivity index (χ4v) is 7.06. The van der Waals surface area contributed by atoms with Crippen LogP contribution in [0.2, 0.25) is 10.0 Å². The van der Waals surface area contributed by atoms with E-state index >= 15 is 0 Å². The normalized spacial score (nSPS) is 22.6. The number of rotatable bonds is 6. The monoisotopic (exact) mass is 615 g/mol. The van der Waals surface area contributed by atoms with Crippen LogP contribution in [0.15, 0.2) is 75.6 Å². The number of benzene rings is 3. The van der Waals surface area contributed by atoms with Crippen LogP contribution in [-0.4, -0.2) is 44.3 Å². The second-order valence-electron chi connectivity index (χ2n) is 11.6. The van der Waals surface area contributed by atoms with Gasteiger partial charge in [0.2, 0.25) is 11.8 Å². The van der Waals surface area contributed by atoms with Crippen molar-refractivity contribution >= 4 is 51.0 Å². The third-order valence-electron chi connectivity index (χ3n) is 8.79. The molecular weight excluding hydrogens is 585 g/mol. The molecule has 220 valence electrons. The molecule has 0 amide bonds. The van der Waals surface area contributed by atoms with E-state index in [0.717, 1.165) is 35.2 Å². The van der Waals surface area contributed by atoms with Gasteiger partial charge < -0.3 is 19.0 Å². The lowest BCUT2D eigenvalue weighted by Crippen LogP contribution is -2.36. The highest BCUT2D eigenvalue weighted by atomic mass is 35.5. The Morgan fingerprint density at radius 1 is 0.977 bits per heavy atom. The molecule has 1 fully saturated rings. The molecule has 3 heterocycles. The molecule has 1 aliphatic heterocycles. The number of fused-ring (bicyclic) bond motifs is 2. The molecule has 2 aromatic heterocycles. The molecule has 43 heavy (non-hydrogen) atoms. The number of aromatic nitrogens is 2.